The van der Waals surface area contributed by atoms with Gasteiger partial charge in [-0.25, -0.2) is 0 Å². The first-order chi connectivity index (χ1) is 11.6. The Morgan fingerprint density at radius 2 is 1.67 bits per heavy atom. The summed E-state index contributed by atoms with van der Waals surface area (Å²) in [6.07, 6.45) is 0. The molecule has 0 saturated carbocycles. The van der Waals surface area contributed by atoms with Crippen LogP contribution in [-0.2, 0) is 5.25 Å². The zero-order valence-corrected chi connectivity index (χ0v) is 16.2. The monoisotopic (exact) mass is 386 g/mol. The summed E-state index contributed by atoms with van der Waals surface area (Å²) in [7, 11) is 3.20. The number of rotatable bonds is 5. The van der Waals surface area contributed by atoms with Gasteiger partial charge in [0, 0.05) is 0 Å². The van der Waals surface area contributed by atoms with Crippen molar-refractivity contribution in [3.63, 3.8) is 0 Å². The second kappa shape index (κ2) is 6.44. The summed E-state index contributed by atoms with van der Waals surface area (Å²) in [6, 6.07) is 12.6. The topological polar surface area (TPSA) is 52.6 Å². The van der Waals surface area contributed by atoms with Gasteiger partial charge in [-0.1, -0.05) is 0 Å². The molecule has 124 valence electrons. The molecular weight excluding hydrogens is 365 g/mol. The van der Waals surface area contributed by atoms with Crippen molar-refractivity contribution in [2.75, 3.05) is 14.2 Å². The second-order valence-corrected chi connectivity index (χ2v) is 14.7. The third-order valence-corrected chi connectivity index (χ3v) is 14.3. The van der Waals surface area contributed by atoms with Gasteiger partial charge >= 0.3 is 144 Å². The van der Waals surface area contributed by atoms with Crippen molar-refractivity contribution >= 4 is 22.5 Å². The number of hydrogen-bond acceptors (Lipinski definition) is 4. The van der Waals surface area contributed by atoms with Crippen LogP contribution in [0.5, 0.6) is 11.5 Å². The van der Waals surface area contributed by atoms with E-state index in [0.29, 0.717) is 27.4 Å². The maximum absolute atomic E-state index is 13.2. The quantitative estimate of drug-likeness (QED) is 0.741. The van der Waals surface area contributed by atoms with E-state index >= 15 is 0 Å². The van der Waals surface area contributed by atoms with E-state index in [1.807, 2.05) is 13.0 Å². The summed E-state index contributed by atoms with van der Waals surface area (Å²) < 4.78 is 10.6. The molecule has 0 aromatic heterocycles. The van der Waals surface area contributed by atoms with Crippen LogP contribution in [0.15, 0.2) is 42.5 Å². The predicted molar refractivity (Wildman–Crippen MR) is 94.6 cm³/mol. The number of ether oxygens (including phenoxy) is 2. The molecule has 0 spiro atoms. The van der Waals surface area contributed by atoms with Gasteiger partial charge in [-0.05, 0) is 0 Å². The number of carbonyl (C=O) groups excluding carboxylic acids is 2. The van der Waals surface area contributed by atoms with E-state index in [1.54, 1.807) is 50.6 Å². The molecule has 1 aliphatic heterocycles. The molecule has 1 atom stereocenters. The zero-order chi connectivity index (χ0) is 17.3. The number of hydrogen-bond donors (Lipinski definition) is 0. The Bertz CT molecular complexity index is 798. The predicted octanol–water partition coefficient (Wildman–Crippen LogP) is 3.41. The number of carbonyl (C=O) groups is 2. The van der Waals surface area contributed by atoms with Crippen molar-refractivity contribution < 1.29 is 19.1 Å². The maximum atomic E-state index is 13.2. The summed E-state index contributed by atoms with van der Waals surface area (Å²) in [5.74, 6) is 1.43. The molecule has 5 heteroatoms. The van der Waals surface area contributed by atoms with Crippen molar-refractivity contribution in [3.8, 4) is 11.5 Å². The first kappa shape index (κ1) is 16.8. The van der Waals surface area contributed by atoms with Gasteiger partial charge in [-0.3, -0.25) is 0 Å². The summed E-state index contributed by atoms with van der Waals surface area (Å²) in [5.41, 5.74) is 2.29. The van der Waals surface area contributed by atoms with Gasteiger partial charge in [0.2, 0.25) is 0 Å². The van der Waals surface area contributed by atoms with Crippen molar-refractivity contribution in [2.24, 2.45) is 0 Å². The standard InChI is InChI=1S/C19H20GeO4/c1-4-20(18(21)13-5-7-15(23-2)8-6-13)12-14-11-16(24-3)9-10-17(14)19(20)22/h5-11H,4,12H2,1-3H3. The molecule has 0 N–H and O–H groups in total. The molecule has 2 aromatic carbocycles. The Labute approximate surface area is 144 Å². The van der Waals surface area contributed by atoms with Crippen molar-refractivity contribution in [1.82, 2.24) is 0 Å². The normalized spacial score (nSPS) is 19.0. The Balaban J connectivity index is 2.00. The van der Waals surface area contributed by atoms with Gasteiger partial charge in [0.05, 0.1) is 0 Å². The molecule has 3 rings (SSSR count). The molecule has 0 aliphatic carbocycles. The SMILES string of the molecule is C[CH2][Ge]1([C](=O)c2ccc(OC)cc2)[CH2]c2cc(OC)ccc2[C]1=O. The summed E-state index contributed by atoms with van der Waals surface area (Å²) in [6.45, 7) is 1.97. The Hall–Kier alpha value is -2.08. The Morgan fingerprint density at radius 3 is 2.25 bits per heavy atom. The molecule has 4 nitrogen and oxygen atoms in total. The molecule has 0 bridgehead atoms. The first-order valence-electron chi connectivity index (χ1n) is 7.96. The summed E-state index contributed by atoms with van der Waals surface area (Å²) >= 11 is -3.42. The van der Waals surface area contributed by atoms with Crippen LogP contribution >= 0.6 is 0 Å². The first-order valence-corrected chi connectivity index (χ1v) is 13.0. The van der Waals surface area contributed by atoms with Gasteiger partial charge in [0.25, 0.3) is 0 Å². The molecule has 1 heterocycles. The van der Waals surface area contributed by atoms with Crippen LogP contribution < -0.4 is 9.47 Å². The number of benzene rings is 2. The fourth-order valence-corrected chi connectivity index (χ4v) is 11.4. The molecule has 2 aromatic rings. The molecule has 0 amide bonds. The van der Waals surface area contributed by atoms with Crippen molar-refractivity contribution in [3.05, 3.63) is 59.2 Å². The molecule has 24 heavy (non-hydrogen) atoms. The van der Waals surface area contributed by atoms with E-state index in [9.17, 15) is 9.59 Å². The van der Waals surface area contributed by atoms with E-state index in [4.69, 9.17) is 9.47 Å². The van der Waals surface area contributed by atoms with Crippen LogP contribution in [-0.4, -0.2) is 36.7 Å². The average Bonchev–Trinajstić information content (AvgIpc) is 2.93. The third kappa shape index (κ3) is 2.55. The molecule has 0 radical (unpaired) electrons. The molecular formula is C19H20GeO4. The van der Waals surface area contributed by atoms with E-state index < -0.39 is 13.3 Å². The molecule has 0 saturated heterocycles. The minimum atomic E-state index is -3.42. The van der Waals surface area contributed by atoms with Crippen molar-refractivity contribution in [2.45, 2.75) is 17.4 Å². The molecule has 0 fully saturated rings. The van der Waals surface area contributed by atoms with Crippen LogP contribution in [0.3, 0.4) is 0 Å². The summed E-state index contributed by atoms with van der Waals surface area (Å²) in [5, 5.41) is 1.26. The summed E-state index contributed by atoms with van der Waals surface area (Å²) in [4.78, 5) is 26.3. The van der Waals surface area contributed by atoms with Crippen LogP contribution in [0.25, 0.3) is 0 Å². The van der Waals surface area contributed by atoms with Gasteiger partial charge in [-0.2, -0.15) is 0 Å². The number of methoxy groups -OCH3 is 2. The van der Waals surface area contributed by atoms with Crippen molar-refractivity contribution in [1.29, 1.82) is 0 Å². The third-order valence-electron chi connectivity index (χ3n) is 4.87. The van der Waals surface area contributed by atoms with E-state index in [2.05, 4.69) is 0 Å². The van der Waals surface area contributed by atoms with Crippen LogP contribution in [0.2, 0.25) is 5.25 Å². The van der Waals surface area contributed by atoms with Crippen LogP contribution in [0, 0.1) is 0 Å². The number of fused-ring (bicyclic) bond motifs is 1. The average molecular weight is 385 g/mol. The van der Waals surface area contributed by atoms with Crippen LogP contribution in [0.4, 0.5) is 0 Å². The fraction of sp³-hybridized carbons (Fsp3) is 0.263. The minimum absolute atomic E-state index is 0.0559. The molecule has 1 unspecified atom stereocenters. The van der Waals surface area contributed by atoms with Gasteiger partial charge in [-0.15, -0.1) is 0 Å². The Kier molecular flexibility index (Phi) is 4.50. The fourth-order valence-electron chi connectivity index (χ4n) is 3.38. The van der Waals surface area contributed by atoms with Gasteiger partial charge < -0.3 is 0 Å². The van der Waals surface area contributed by atoms with Gasteiger partial charge in [0.1, 0.15) is 0 Å². The van der Waals surface area contributed by atoms with E-state index in [-0.39, 0.29) is 9.23 Å². The van der Waals surface area contributed by atoms with E-state index in [1.165, 1.54) is 0 Å². The molecule has 1 aliphatic rings. The van der Waals surface area contributed by atoms with Gasteiger partial charge in [0.15, 0.2) is 0 Å². The second-order valence-electron chi connectivity index (χ2n) is 6.02. The Morgan fingerprint density at radius 1 is 1.04 bits per heavy atom. The van der Waals surface area contributed by atoms with E-state index in [0.717, 1.165) is 11.3 Å². The van der Waals surface area contributed by atoms with Crippen LogP contribution in [0.1, 0.15) is 33.2 Å². The zero-order valence-electron chi connectivity index (χ0n) is 14.1.